The number of fused-ring (bicyclic) bond motifs is 6. The van der Waals surface area contributed by atoms with Gasteiger partial charge in [0.2, 0.25) is 5.91 Å². The number of nitrogens with zero attached hydrogens (tertiary/aromatic N) is 5. The second-order valence-corrected chi connectivity index (χ2v) is 19.9. The molecule has 19 heteroatoms. The van der Waals surface area contributed by atoms with Crippen molar-refractivity contribution in [3.8, 4) is 22.5 Å². The van der Waals surface area contributed by atoms with Gasteiger partial charge in [-0.3, -0.25) is 24.4 Å². The number of aromatic nitrogens is 4. The Bertz CT molecular complexity index is 2580. The molecule has 7 heterocycles. The van der Waals surface area contributed by atoms with Crippen molar-refractivity contribution in [2.24, 2.45) is 17.3 Å². The summed E-state index contributed by atoms with van der Waals surface area (Å²) in [7, 11) is 1.66. The Kier molecular flexibility index (Phi) is 14.4. The average molecular weight is 960 g/mol. The number of hydrazine groups is 1. The Morgan fingerprint density at radius 1 is 1.12 bits per heavy atom. The van der Waals surface area contributed by atoms with Crippen molar-refractivity contribution < 1.29 is 51.3 Å². The van der Waals surface area contributed by atoms with Crippen LogP contribution in [0.2, 0.25) is 0 Å². The molecule has 7 atom stereocenters. The van der Waals surface area contributed by atoms with Crippen molar-refractivity contribution in [2.45, 2.75) is 109 Å². The summed E-state index contributed by atoms with van der Waals surface area (Å²) < 4.78 is 65.7. The van der Waals surface area contributed by atoms with Crippen molar-refractivity contribution in [1.29, 1.82) is 0 Å². The molecule has 3 aliphatic heterocycles. The van der Waals surface area contributed by atoms with Gasteiger partial charge in [-0.15, -0.1) is 11.3 Å². The Morgan fingerprint density at radius 3 is 2.71 bits per heavy atom. The van der Waals surface area contributed by atoms with Crippen LogP contribution in [-0.4, -0.2) is 114 Å². The maximum absolute atomic E-state index is 14.8. The number of nitrogens with one attached hydrogen (secondary N) is 2. The summed E-state index contributed by atoms with van der Waals surface area (Å²) in [6.07, 6.45) is 2.88. The molecule has 0 unspecified atom stereocenters. The van der Waals surface area contributed by atoms with Gasteiger partial charge in [0.05, 0.1) is 48.2 Å². The van der Waals surface area contributed by atoms with Crippen LogP contribution in [0.5, 0.6) is 0 Å². The Balaban J connectivity index is 1.17. The van der Waals surface area contributed by atoms with E-state index in [4.69, 9.17) is 38.1 Å². The smallest absolute Gasteiger partial charge is 0.324 e. The van der Waals surface area contributed by atoms with Gasteiger partial charge in [-0.25, -0.2) is 24.2 Å². The van der Waals surface area contributed by atoms with Crippen LogP contribution in [0.3, 0.4) is 0 Å². The van der Waals surface area contributed by atoms with Crippen LogP contribution in [0.25, 0.3) is 33.4 Å². The average Bonchev–Trinajstić information content (AvgIpc) is 3.77. The molecule has 4 aliphatic rings. The lowest BCUT2D eigenvalue weighted by Crippen LogP contribution is -2.61. The Labute approximate surface area is 397 Å². The van der Waals surface area contributed by atoms with Crippen molar-refractivity contribution >= 4 is 40.0 Å². The lowest BCUT2D eigenvalue weighted by molar-refractivity contribution is -0.157. The Hall–Kier alpha value is -5.18. The third-order valence-electron chi connectivity index (χ3n) is 13.6. The van der Waals surface area contributed by atoms with Gasteiger partial charge in [0.1, 0.15) is 36.1 Å². The first kappa shape index (κ1) is 47.9. The van der Waals surface area contributed by atoms with Crippen molar-refractivity contribution in [3.63, 3.8) is 0 Å². The van der Waals surface area contributed by atoms with E-state index in [-0.39, 0.29) is 42.2 Å². The van der Waals surface area contributed by atoms with Gasteiger partial charge in [0, 0.05) is 84.3 Å². The number of methoxy groups -OCH3 is 1. The number of alkyl halides is 2. The van der Waals surface area contributed by atoms with Gasteiger partial charge in [0.25, 0.3) is 12.3 Å². The molecule has 0 radical (unpaired) electrons. The summed E-state index contributed by atoms with van der Waals surface area (Å²) in [5.74, 6) is -2.67. The number of carbonyl (C=O) groups excluding carboxylic acids is 3. The number of carbonyl (C=O) groups is 3. The van der Waals surface area contributed by atoms with Crippen LogP contribution in [0.15, 0.2) is 59.0 Å². The quantitative estimate of drug-likeness (QED) is 0.113. The normalized spacial score (nSPS) is 25.0. The number of thiazole rings is 1. The zero-order chi connectivity index (χ0) is 47.7. The maximum atomic E-state index is 14.8. The molecule has 4 aromatic heterocycles. The van der Waals surface area contributed by atoms with E-state index >= 15 is 0 Å². The fourth-order valence-electron chi connectivity index (χ4n) is 9.95. The number of cyclic esters (lactones) is 1. The molecule has 5 aromatic rings. The molecule has 0 spiro atoms. The van der Waals surface area contributed by atoms with Crippen LogP contribution < -0.4 is 10.7 Å². The van der Waals surface area contributed by atoms with Crippen LogP contribution in [0, 0.1) is 17.3 Å². The summed E-state index contributed by atoms with van der Waals surface area (Å²) in [5, 5.41) is 7.10. The predicted octanol–water partition coefficient (Wildman–Crippen LogP) is 7.20. The number of halogens is 2. The molecule has 3 fully saturated rings. The first-order chi connectivity index (χ1) is 32.8. The lowest BCUT2D eigenvalue weighted by atomic mass is 9.84. The monoisotopic (exact) mass is 959 g/mol. The third kappa shape index (κ3) is 10.1. The molecule has 16 nitrogen and oxygen atoms in total. The molecule has 1 aliphatic carbocycles. The maximum Gasteiger partial charge on any atom is 0.324 e. The molecule has 9 rings (SSSR count). The van der Waals surface area contributed by atoms with Gasteiger partial charge >= 0.3 is 5.97 Å². The molecule has 2 amide bonds. The molecule has 2 N–H and O–H groups in total. The number of benzene rings is 1. The summed E-state index contributed by atoms with van der Waals surface area (Å²) in [4.78, 5) is 57.1. The number of amides is 2. The molecule has 1 saturated carbocycles. The summed E-state index contributed by atoms with van der Waals surface area (Å²) in [5.41, 5.74) is 8.82. The largest absolute Gasteiger partial charge is 0.464 e. The fourth-order valence-corrected chi connectivity index (χ4v) is 10.9. The minimum atomic E-state index is -2.89. The Morgan fingerprint density at radius 2 is 1.94 bits per heavy atom. The van der Waals surface area contributed by atoms with Crippen LogP contribution in [0.4, 0.5) is 8.78 Å². The first-order valence-corrected chi connectivity index (χ1v) is 24.3. The molecule has 364 valence electrons. The number of rotatable bonds is 13. The van der Waals surface area contributed by atoms with E-state index in [0.717, 1.165) is 63.2 Å². The highest BCUT2D eigenvalue weighted by Crippen LogP contribution is 2.53. The number of ether oxygens (including phenoxy) is 5. The SMILES string of the molecule is CO[C@@H](C)c1ncccc1-c1c2c3cc(ccc3n1CCOC1CCOCC1)-c1csc(n1)[C@@H](OCC(F)F)[C@H](NC(=O)[C@@H]1[C@@H](C)[C@H]1c1cocn1)C(=O)N1CCC[C@H](N1)C(=O)OCC(C)(C)C2. The first-order valence-electron chi connectivity index (χ1n) is 23.4. The molecule has 68 heavy (non-hydrogen) atoms. The topological polar surface area (TPSA) is 181 Å². The predicted molar refractivity (Wildman–Crippen MR) is 246 cm³/mol. The van der Waals surface area contributed by atoms with E-state index < -0.39 is 60.3 Å². The van der Waals surface area contributed by atoms with Crippen molar-refractivity contribution in [2.75, 3.05) is 46.7 Å². The third-order valence-corrected chi connectivity index (χ3v) is 14.5. The second-order valence-electron chi connectivity index (χ2n) is 19.0. The van der Waals surface area contributed by atoms with Crippen LogP contribution in [0.1, 0.15) is 93.5 Å². The zero-order valence-corrected chi connectivity index (χ0v) is 39.8. The lowest BCUT2D eigenvalue weighted by Gasteiger charge is -2.37. The molecule has 6 bridgehead atoms. The van der Waals surface area contributed by atoms with Gasteiger partial charge in [-0.1, -0.05) is 26.8 Å². The number of hydrogen-bond donors (Lipinski definition) is 2. The molecular formula is C49H59F2N7O9S. The molecule has 1 aromatic carbocycles. The van der Waals surface area contributed by atoms with Gasteiger partial charge in [-0.2, -0.15) is 0 Å². The fraction of sp³-hybridized carbons (Fsp3) is 0.551. The summed E-state index contributed by atoms with van der Waals surface area (Å²) in [6, 6.07) is 7.64. The van der Waals surface area contributed by atoms with Crippen LogP contribution in [-0.2, 0) is 51.0 Å². The van der Waals surface area contributed by atoms with Gasteiger partial charge in [0.15, 0.2) is 6.39 Å². The number of pyridine rings is 1. The van der Waals surface area contributed by atoms with E-state index in [9.17, 15) is 23.2 Å². The van der Waals surface area contributed by atoms with Gasteiger partial charge < -0.3 is 38.0 Å². The van der Waals surface area contributed by atoms with E-state index in [1.165, 1.54) is 17.7 Å². The summed E-state index contributed by atoms with van der Waals surface area (Å²) in [6.45, 7) is 9.45. The highest BCUT2D eigenvalue weighted by molar-refractivity contribution is 7.10. The van der Waals surface area contributed by atoms with Gasteiger partial charge in [-0.05, 0) is 74.8 Å². The summed E-state index contributed by atoms with van der Waals surface area (Å²) >= 11 is 1.15. The van der Waals surface area contributed by atoms with E-state index in [2.05, 4.69) is 46.3 Å². The van der Waals surface area contributed by atoms with Crippen molar-refractivity contribution in [3.05, 3.63) is 76.5 Å². The number of oxazole rings is 1. The minimum Gasteiger partial charge on any atom is -0.464 e. The molecule has 2 saturated heterocycles. The van der Waals surface area contributed by atoms with Crippen molar-refractivity contribution in [1.82, 2.24) is 35.3 Å². The standard InChI is InChI=1S/C49H59F2N7O9S/c1-27-39(35-22-64-26-53-35)40(27)45(59)55-42-44(66-23-38(50)51)46-54-36(24-68-46)29-10-11-37-32(20-29)33(21-49(3,4)25-67-48(61)34-9-7-15-58(56-34)47(42)60)43(31-8-6-14-52-41(31)28(2)62-5)57(37)16-19-65-30-12-17-63-18-13-30/h6,8,10-11,14,20,22,24,26-28,30,34,38-40,42,44,56H,7,9,12-13,15-19,21,23,25H2,1-5H3,(H,55,59)/t27-,28-,34-,39-,40+,42-,44-/m0/s1. The van der Waals surface area contributed by atoms with E-state index in [0.29, 0.717) is 57.0 Å². The van der Waals surface area contributed by atoms with E-state index in [1.807, 2.05) is 32.0 Å². The minimum absolute atomic E-state index is 0.0505. The highest BCUT2D eigenvalue weighted by atomic mass is 32.1. The second kappa shape index (κ2) is 20.4. The molecular weight excluding hydrogens is 901 g/mol. The zero-order valence-electron chi connectivity index (χ0n) is 39.0. The van der Waals surface area contributed by atoms with Crippen LogP contribution >= 0.6 is 11.3 Å². The number of hydrogen-bond acceptors (Lipinski definition) is 14. The highest BCUT2D eigenvalue weighted by Gasteiger charge is 2.55. The number of esters is 1. The van der Waals surface area contributed by atoms with E-state index in [1.54, 1.807) is 18.7 Å².